The Morgan fingerprint density at radius 3 is 3.24 bits per heavy atom. The van der Waals surface area contributed by atoms with Crippen LogP contribution in [0.25, 0.3) is 10.2 Å². The van der Waals surface area contributed by atoms with E-state index in [9.17, 15) is 0 Å². The minimum atomic E-state index is -0.0886. The van der Waals surface area contributed by atoms with Gasteiger partial charge in [-0.05, 0) is 41.5 Å². The van der Waals surface area contributed by atoms with Crippen LogP contribution in [0.2, 0.25) is 0 Å². The van der Waals surface area contributed by atoms with Crippen LogP contribution in [-0.4, -0.2) is 11.6 Å². The number of hydrogen-bond donors (Lipinski definition) is 1. The Labute approximate surface area is 104 Å². The Hall–Kier alpha value is -1.39. The van der Waals surface area contributed by atoms with E-state index < -0.39 is 0 Å². The number of aromatic nitrogens is 1. The molecule has 2 aromatic rings. The van der Waals surface area contributed by atoms with Crippen LogP contribution in [0.5, 0.6) is 0 Å². The highest BCUT2D eigenvalue weighted by atomic mass is 32.1. The molecule has 0 spiro atoms. The number of thiophene rings is 1. The molecule has 1 unspecified atom stereocenters. The summed E-state index contributed by atoms with van der Waals surface area (Å²) < 4.78 is 6.53. The summed E-state index contributed by atoms with van der Waals surface area (Å²) in [4.78, 5) is 4.42. The van der Waals surface area contributed by atoms with Crippen LogP contribution in [0.3, 0.4) is 0 Å². The van der Waals surface area contributed by atoms with Crippen LogP contribution in [0.4, 0.5) is 0 Å². The lowest BCUT2D eigenvalue weighted by atomic mass is 9.97. The quantitative estimate of drug-likeness (QED) is 0.886. The smallest absolute Gasteiger partial charge is 0.0876 e. The van der Waals surface area contributed by atoms with Crippen molar-refractivity contribution in [2.45, 2.75) is 18.9 Å². The van der Waals surface area contributed by atoms with E-state index in [0.29, 0.717) is 0 Å². The fourth-order valence-corrected chi connectivity index (χ4v) is 2.85. The molecular weight excluding hydrogens is 232 g/mol. The van der Waals surface area contributed by atoms with Crippen molar-refractivity contribution < 1.29 is 4.74 Å². The van der Waals surface area contributed by atoms with Crippen LogP contribution in [0, 0.1) is 0 Å². The second-order valence-corrected chi connectivity index (χ2v) is 5.17. The summed E-state index contributed by atoms with van der Waals surface area (Å²) in [5, 5.41) is 2.05. The number of hydrogen-bond acceptors (Lipinski definition) is 4. The maximum Gasteiger partial charge on any atom is 0.0876 e. The van der Waals surface area contributed by atoms with Gasteiger partial charge in [0.25, 0.3) is 0 Å². The van der Waals surface area contributed by atoms with Crippen molar-refractivity contribution in [3.63, 3.8) is 0 Å². The van der Waals surface area contributed by atoms with E-state index in [-0.39, 0.29) is 6.04 Å². The largest absolute Gasteiger partial charge is 0.501 e. The molecule has 2 N–H and O–H groups in total. The van der Waals surface area contributed by atoms with Gasteiger partial charge in [0.05, 0.1) is 29.1 Å². The lowest BCUT2D eigenvalue weighted by Crippen LogP contribution is -2.16. The average Bonchev–Trinajstić information content (AvgIpc) is 2.86. The summed E-state index contributed by atoms with van der Waals surface area (Å²) in [7, 11) is 0. The molecule has 3 rings (SSSR count). The molecule has 0 amide bonds. The molecule has 1 aliphatic rings. The van der Waals surface area contributed by atoms with E-state index in [1.165, 1.54) is 4.70 Å². The lowest BCUT2D eigenvalue weighted by Gasteiger charge is -2.19. The first kappa shape index (κ1) is 10.7. The van der Waals surface area contributed by atoms with Crippen molar-refractivity contribution in [1.29, 1.82) is 0 Å². The number of ether oxygens (including phenoxy) is 1. The van der Waals surface area contributed by atoms with Gasteiger partial charge in [0.15, 0.2) is 0 Å². The molecule has 1 atom stereocenters. The Kier molecular flexibility index (Phi) is 2.82. The molecule has 4 heteroatoms. The molecule has 0 fully saturated rings. The van der Waals surface area contributed by atoms with Gasteiger partial charge in [0.1, 0.15) is 0 Å². The highest BCUT2D eigenvalue weighted by molar-refractivity contribution is 7.17. The normalized spacial score (nSPS) is 17.6. The lowest BCUT2D eigenvalue weighted by molar-refractivity contribution is 0.221. The number of rotatable bonds is 2. The van der Waals surface area contributed by atoms with Gasteiger partial charge in [-0.25, -0.2) is 0 Å². The summed E-state index contributed by atoms with van der Waals surface area (Å²) in [6.07, 6.45) is 5.75. The summed E-state index contributed by atoms with van der Waals surface area (Å²) >= 11 is 1.70. The maximum atomic E-state index is 6.25. The summed E-state index contributed by atoms with van der Waals surface area (Å²) in [6, 6.07) is 4.07. The van der Waals surface area contributed by atoms with Crippen LogP contribution in [-0.2, 0) is 4.74 Å². The van der Waals surface area contributed by atoms with Crippen LogP contribution in [0.1, 0.15) is 24.4 Å². The zero-order valence-corrected chi connectivity index (χ0v) is 10.2. The second-order valence-electron chi connectivity index (χ2n) is 4.22. The first-order chi connectivity index (χ1) is 8.34. The highest BCUT2D eigenvalue weighted by Crippen LogP contribution is 2.28. The van der Waals surface area contributed by atoms with Crippen LogP contribution in [0.15, 0.2) is 35.5 Å². The molecule has 0 aromatic carbocycles. The van der Waals surface area contributed by atoms with Gasteiger partial charge in [-0.2, -0.15) is 0 Å². The van der Waals surface area contributed by atoms with Crippen LogP contribution < -0.4 is 5.73 Å². The van der Waals surface area contributed by atoms with Gasteiger partial charge in [0, 0.05) is 6.20 Å². The number of pyridine rings is 1. The molecule has 0 saturated carbocycles. The number of nitrogens with zero attached hydrogens (tertiary/aromatic N) is 1. The van der Waals surface area contributed by atoms with E-state index in [0.717, 1.165) is 36.1 Å². The SMILES string of the molecule is NC(C1=COCCC1)c1cnc2ccsc2c1. The van der Waals surface area contributed by atoms with E-state index in [2.05, 4.69) is 16.4 Å². The Balaban J connectivity index is 1.94. The molecule has 1 aliphatic heterocycles. The topological polar surface area (TPSA) is 48.1 Å². The average molecular weight is 246 g/mol. The Morgan fingerprint density at radius 1 is 1.47 bits per heavy atom. The van der Waals surface area contributed by atoms with Crippen molar-refractivity contribution >= 4 is 21.6 Å². The van der Waals surface area contributed by atoms with Crippen molar-refractivity contribution in [3.05, 3.63) is 41.1 Å². The fourth-order valence-electron chi connectivity index (χ4n) is 2.06. The third-order valence-electron chi connectivity index (χ3n) is 3.04. The first-order valence-corrected chi connectivity index (χ1v) is 6.62. The van der Waals surface area contributed by atoms with Gasteiger partial charge >= 0.3 is 0 Å². The second kappa shape index (κ2) is 4.47. The molecular formula is C13H14N2OS. The molecule has 3 heterocycles. The van der Waals surface area contributed by atoms with E-state index in [1.807, 2.05) is 18.5 Å². The molecule has 0 radical (unpaired) electrons. The zero-order chi connectivity index (χ0) is 11.7. The number of nitrogens with two attached hydrogens (primary N) is 1. The monoisotopic (exact) mass is 246 g/mol. The van der Waals surface area contributed by atoms with E-state index >= 15 is 0 Å². The Morgan fingerprint density at radius 2 is 2.41 bits per heavy atom. The van der Waals surface area contributed by atoms with Crippen molar-refractivity contribution in [2.75, 3.05) is 6.61 Å². The van der Waals surface area contributed by atoms with Gasteiger partial charge in [-0.15, -0.1) is 11.3 Å². The van der Waals surface area contributed by atoms with E-state index in [4.69, 9.17) is 10.5 Å². The van der Waals surface area contributed by atoms with Gasteiger partial charge in [-0.1, -0.05) is 0 Å². The highest BCUT2D eigenvalue weighted by Gasteiger charge is 2.15. The van der Waals surface area contributed by atoms with Gasteiger partial charge < -0.3 is 10.5 Å². The van der Waals surface area contributed by atoms with Crippen molar-refractivity contribution in [3.8, 4) is 0 Å². The molecule has 17 heavy (non-hydrogen) atoms. The fraction of sp³-hybridized carbons (Fsp3) is 0.308. The van der Waals surface area contributed by atoms with Crippen molar-refractivity contribution in [2.24, 2.45) is 5.73 Å². The predicted molar refractivity (Wildman–Crippen MR) is 69.8 cm³/mol. The third-order valence-corrected chi connectivity index (χ3v) is 3.90. The van der Waals surface area contributed by atoms with Gasteiger partial charge in [0.2, 0.25) is 0 Å². The maximum absolute atomic E-state index is 6.25. The third kappa shape index (κ3) is 2.06. The minimum absolute atomic E-state index is 0.0886. The molecule has 3 nitrogen and oxygen atoms in total. The first-order valence-electron chi connectivity index (χ1n) is 5.74. The van der Waals surface area contributed by atoms with Crippen molar-refractivity contribution in [1.82, 2.24) is 4.98 Å². The number of fused-ring (bicyclic) bond motifs is 1. The summed E-state index contributed by atoms with van der Waals surface area (Å²) in [5.74, 6) is 0. The molecule has 0 saturated heterocycles. The van der Waals surface area contributed by atoms with E-state index in [1.54, 1.807) is 11.3 Å². The molecule has 0 bridgehead atoms. The summed E-state index contributed by atoms with van der Waals surface area (Å²) in [5.41, 5.74) is 9.51. The summed E-state index contributed by atoms with van der Waals surface area (Å²) in [6.45, 7) is 0.804. The predicted octanol–water partition coefficient (Wildman–Crippen LogP) is 2.99. The zero-order valence-electron chi connectivity index (χ0n) is 9.43. The minimum Gasteiger partial charge on any atom is -0.501 e. The standard InChI is InChI=1S/C13H14N2OS/c14-13(9-2-1-4-16-8-9)10-6-12-11(15-7-10)3-5-17-12/h3,5-8,13H,1-2,4,14H2. The van der Waals surface area contributed by atoms with Gasteiger partial charge in [-0.3, -0.25) is 4.98 Å². The molecule has 0 aliphatic carbocycles. The Bertz CT molecular complexity index is 561. The molecule has 2 aromatic heterocycles. The molecule has 88 valence electrons. The van der Waals surface area contributed by atoms with Crippen LogP contribution >= 0.6 is 11.3 Å².